The Labute approximate surface area is 320 Å². The van der Waals surface area contributed by atoms with Crippen molar-refractivity contribution in [1.29, 1.82) is 0 Å². The number of benzene rings is 4. The van der Waals surface area contributed by atoms with Gasteiger partial charge in [-0.1, -0.05) is 0 Å². The van der Waals surface area contributed by atoms with Gasteiger partial charge < -0.3 is 30.5 Å². The molecule has 0 spiro atoms. The Morgan fingerprint density at radius 3 is 2.16 bits per heavy atom. The molecule has 1 aliphatic heterocycles. The zero-order chi connectivity index (χ0) is 39.7. The van der Waals surface area contributed by atoms with Crippen LogP contribution in [0.3, 0.4) is 0 Å². The Kier molecular flexibility index (Phi) is 11.0. The Morgan fingerprint density at radius 1 is 0.782 bits per heavy atom. The van der Waals surface area contributed by atoms with Gasteiger partial charge >= 0.3 is 0 Å². The van der Waals surface area contributed by atoms with E-state index in [2.05, 4.69) is 34.7 Å². The number of nitrogens with zero attached hydrogens (tertiary/aromatic N) is 4. The Morgan fingerprint density at radius 2 is 1.45 bits per heavy atom. The normalized spacial score (nSPS) is 13.6. The minimum Gasteiger partial charge on any atom is -0.506 e. The molecule has 2 amide bonds. The van der Waals surface area contributed by atoms with Gasteiger partial charge in [-0.25, -0.2) is 16.8 Å². The molecule has 288 valence electrons. The van der Waals surface area contributed by atoms with Gasteiger partial charge in [0.2, 0.25) is 11.8 Å². The predicted octanol–water partition coefficient (Wildman–Crippen LogP) is 6.09. The summed E-state index contributed by atoms with van der Waals surface area (Å²) in [6.07, 6.45) is 0. The van der Waals surface area contributed by atoms with Gasteiger partial charge in [-0.2, -0.15) is 4.37 Å². The summed E-state index contributed by atoms with van der Waals surface area (Å²) in [5.41, 5.74) is 2.38. The summed E-state index contributed by atoms with van der Waals surface area (Å²) in [6, 6.07) is 13.8. The number of azo groups is 1. The first-order valence-corrected chi connectivity index (χ1v) is 20.3. The smallest absolute Gasteiger partial charge is 0.264 e. The van der Waals surface area contributed by atoms with Crippen LogP contribution in [0.15, 0.2) is 80.7 Å². The van der Waals surface area contributed by atoms with Crippen molar-refractivity contribution in [2.45, 2.75) is 37.5 Å². The molecule has 0 radical (unpaired) electrons. The standard InChI is InChI=1S/C35H36N8O9S3/c1-19-13-30(32(46)14-20(19)2)42-55(50,51)34-15-23(5-8-31(34)43-9-11-52-12-10-43)41-54(48,49)24-6-7-26-25(16-24)35(53-40-26)39-38-28-17-29(37-22(4)45)33(47)18-27(28)36-21(3)44/h5-8,13-18,41-42,46-47H,9-12H2,1-4H3,(H,36,44)(H,37,45). The molecule has 6 rings (SSSR count). The first-order chi connectivity index (χ1) is 26.0. The number of aryl methyl sites for hydroxylation is 2. The number of sulfonamides is 2. The lowest BCUT2D eigenvalue weighted by Gasteiger charge is -2.30. The van der Waals surface area contributed by atoms with Crippen molar-refractivity contribution in [2.75, 3.05) is 51.3 Å². The monoisotopic (exact) mass is 808 g/mol. The molecular weight excluding hydrogens is 773 g/mol. The number of hydrogen-bond acceptors (Lipinski definition) is 14. The molecular formula is C35H36N8O9S3. The SMILES string of the molecule is CC(=O)Nc1cc(N=Nc2snc3ccc(S(=O)(=O)Nc4ccc(N5CCOCC5)c(S(=O)(=O)Nc5cc(C)c(C)cc5O)c4)cc23)c(NC(C)=O)cc1O. The third-order valence-corrected chi connectivity index (χ3v) is 12.0. The molecule has 0 bridgehead atoms. The summed E-state index contributed by atoms with van der Waals surface area (Å²) < 4.78 is 70.2. The number of phenolic OH excluding ortho intramolecular Hbond substituents is 2. The number of anilines is 5. The number of aromatic hydroxyl groups is 2. The summed E-state index contributed by atoms with van der Waals surface area (Å²) in [4.78, 5) is 24.9. The summed E-state index contributed by atoms with van der Waals surface area (Å²) in [5.74, 6) is -1.49. The highest BCUT2D eigenvalue weighted by Gasteiger charge is 2.27. The van der Waals surface area contributed by atoms with E-state index in [0.29, 0.717) is 42.9 Å². The fourth-order valence-corrected chi connectivity index (χ4v) is 8.72. The molecule has 55 heavy (non-hydrogen) atoms. The van der Waals surface area contributed by atoms with Gasteiger partial charge in [-0.15, -0.1) is 10.2 Å². The minimum atomic E-state index is -4.38. The number of carbonyl (C=O) groups is 2. The van der Waals surface area contributed by atoms with E-state index < -0.39 is 31.9 Å². The number of carbonyl (C=O) groups excluding carboxylic acids is 2. The van der Waals surface area contributed by atoms with Crippen LogP contribution < -0.4 is 25.0 Å². The molecule has 2 heterocycles. The average Bonchev–Trinajstić information content (AvgIpc) is 3.53. The molecule has 0 atom stereocenters. The number of ether oxygens (including phenoxy) is 1. The zero-order valence-corrected chi connectivity index (χ0v) is 32.3. The quantitative estimate of drug-likeness (QED) is 0.0659. The fraction of sp³-hybridized carbons (Fsp3) is 0.229. The van der Waals surface area contributed by atoms with Crippen molar-refractivity contribution in [3.05, 3.63) is 71.8 Å². The number of hydrogen-bond donors (Lipinski definition) is 6. The van der Waals surface area contributed by atoms with E-state index in [1.54, 1.807) is 13.8 Å². The molecule has 1 saturated heterocycles. The zero-order valence-electron chi connectivity index (χ0n) is 29.9. The molecule has 1 aromatic heterocycles. The molecule has 5 aromatic rings. The fourth-order valence-electron chi connectivity index (χ4n) is 5.64. The number of rotatable bonds is 11. The first kappa shape index (κ1) is 38.9. The van der Waals surface area contributed by atoms with Crippen molar-refractivity contribution in [3.63, 3.8) is 0 Å². The van der Waals surface area contributed by atoms with Gasteiger partial charge in [0.1, 0.15) is 22.1 Å². The summed E-state index contributed by atoms with van der Waals surface area (Å²) in [7, 11) is -8.71. The number of amides is 2. The van der Waals surface area contributed by atoms with Crippen molar-refractivity contribution in [2.24, 2.45) is 10.2 Å². The number of phenols is 2. The van der Waals surface area contributed by atoms with Crippen LogP contribution in [-0.2, 0) is 34.4 Å². The summed E-state index contributed by atoms with van der Waals surface area (Å²) in [5, 5.41) is 34.9. The Hall–Kier alpha value is -5.83. The van der Waals surface area contributed by atoms with Crippen LogP contribution in [0.4, 0.5) is 39.1 Å². The predicted molar refractivity (Wildman–Crippen MR) is 209 cm³/mol. The van der Waals surface area contributed by atoms with Crippen LogP contribution in [0, 0.1) is 13.8 Å². The third kappa shape index (κ3) is 8.78. The van der Waals surface area contributed by atoms with Crippen molar-refractivity contribution >= 4 is 93.4 Å². The van der Waals surface area contributed by atoms with Crippen molar-refractivity contribution < 1.29 is 41.4 Å². The highest BCUT2D eigenvalue weighted by atomic mass is 32.2. The van der Waals surface area contributed by atoms with Crippen LogP contribution >= 0.6 is 11.5 Å². The molecule has 6 N–H and O–H groups in total. The molecule has 0 aliphatic carbocycles. The highest BCUT2D eigenvalue weighted by molar-refractivity contribution is 7.93. The molecule has 20 heteroatoms. The molecule has 0 unspecified atom stereocenters. The molecule has 1 fully saturated rings. The minimum absolute atomic E-state index is 0.0253. The van der Waals surface area contributed by atoms with E-state index in [1.165, 1.54) is 74.5 Å². The van der Waals surface area contributed by atoms with Crippen molar-refractivity contribution in [3.8, 4) is 11.5 Å². The second-order valence-corrected chi connectivity index (χ2v) is 16.6. The van der Waals surface area contributed by atoms with E-state index >= 15 is 0 Å². The molecule has 1 aliphatic rings. The van der Waals surface area contributed by atoms with Crippen molar-refractivity contribution in [1.82, 2.24) is 4.37 Å². The lowest BCUT2D eigenvalue weighted by Crippen LogP contribution is -2.37. The van der Waals surface area contributed by atoms with Gasteiger partial charge in [-0.3, -0.25) is 19.0 Å². The van der Waals surface area contributed by atoms with E-state index in [0.717, 1.165) is 22.7 Å². The van der Waals surface area contributed by atoms with Crippen LogP contribution in [0.1, 0.15) is 25.0 Å². The maximum Gasteiger partial charge on any atom is 0.264 e. The van der Waals surface area contributed by atoms with Gasteiger partial charge in [-0.05, 0) is 91.1 Å². The second kappa shape index (κ2) is 15.5. The second-order valence-electron chi connectivity index (χ2n) is 12.6. The lowest BCUT2D eigenvalue weighted by atomic mass is 10.1. The van der Waals surface area contributed by atoms with E-state index in [-0.39, 0.29) is 54.7 Å². The average molecular weight is 809 g/mol. The topological polar surface area (TPSA) is 241 Å². The van der Waals surface area contributed by atoms with Crippen LogP contribution in [0.2, 0.25) is 0 Å². The number of morpholine rings is 1. The van der Waals surface area contributed by atoms with Gasteiger partial charge in [0.15, 0.2) is 5.00 Å². The van der Waals surface area contributed by atoms with Gasteiger partial charge in [0.25, 0.3) is 20.0 Å². The number of nitrogens with one attached hydrogen (secondary N) is 4. The molecule has 4 aromatic carbocycles. The highest BCUT2D eigenvalue weighted by Crippen LogP contribution is 2.40. The Bertz CT molecular complexity index is 2590. The maximum absolute atomic E-state index is 13.9. The number of aromatic nitrogens is 1. The summed E-state index contributed by atoms with van der Waals surface area (Å²) in [6.45, 7) is 7.61. The maximum atomic E-state index is 13.9. The molecule has 17 nitrogen and oxygen atoms in total. The molecule has 0 saturated carbocycles. The largest absolute Gasteiger partial charge is 0.506 e. The van der Waals surface area contributed by atoms with Gasteiger partial charge in [0, 0.05) is 38.4 Å². The summed E-state index contributed by atoms with van der Waals surface area (Å²) >= 11 is 0.929. The first-order valence-electron chi connectivity index (χ1n) is 16.6. The van der Waals surface area contributed by atoms with Gasteiger partial charge in [0.05, 0.1) is 52.1 Å². The van der Waals surface area contributed by atoms with Crippen LogP contribution in [-0.4, -0.2) is 69.5 Å². The van der Waals surface area contributed by atoms with Crippen LogP contribution in [0.5, 0.6) is 11.5 Å². The number of fused-ring (bicyclic) bond motifs is 1. The van der Waals surface area contributed by atoms with E-state index in [9.17, 15) is 36.6 Å². The third-order valence-electron chi connectivity index (χ3n) is 8.43. The Balaban J connectivity index is 1.33. The van der Waals surface area contributed by atoms with E-state index in [1.807, 2.05) is 4.90 Å². The van der Waals surface area contributed by atoms with Crippen LogP contribution in [0.25, 0.3) is 10.9 Å². The lowest BCUT2D eigenvalue weighted by molar-refractivity contribution is -0.115. The van der Waals surface area contributed by atoms with E-state index in [4.69, 9.17) is 4.74 Å².